The van der Waals surface area contributed by atoms with Crippen LogP contribution in [0.5, 0.6) is 5.75 Å². The molecule has 0 bridgehead atoms. The third kappa shape index (κ3) is 1.51. The maximum Gasteiger partial charge on any atom is 0.188 e. The highest BCUT2D eigenvalue weighted by atomic mass is 16.5. The van der Waals surface area contributed by atoms with Gasteiger partial charge < -0.3 is 4.74 Å². The Morgan fingerprint density at radius 3 is 2.88 bits per heavy atom. The van der Waals surface area contributed by atoms with Crippen molar-refractivity contribution in [2.75, 3.05) is 0 Å². The highest BCUT2D eigenvalue weighted by Crippen LogP contribution is 2.40. The van der Waals surface area contributed by atoms with Crippen LogP contribution in [0.4, 0.5) is 0 Å². The quantitative estimate of drug-likeness (QED) is 0.670. The smallest absolute Gasteiger partial charge is 0.188 e. The molecule has 3 rings (SSSR count). The lowest BCUT2D eigenvalue weighted by atomic mass is 9.79. The highest BCUT2D eigenvalue weighted by molar-refractivity contribution is 5.98. The molecule has 3 nitrogen and oxygen atoms in total. The fourth-order valence-electron chi connectivity index (χ4n) is 2.80. The van der Waals surface area contributed by atoms with E-state index >= 15 is 0 Å². The molecule has 1 fully saturated rings. The summed E-state index contributed by atoms with van der Waals surface area (Å²) in [4.78, 5) is 16.1. The average Bonchev–Trinajstić information content (AvgIpc) is 2.30. The van der Waals surface area contributed by atoms with Gasteiger partial charge in [-0.05, 0) is 37.8 Å². The molecule has 1 aliphatic heterocycles. The maximum absolute atomic E-state index is 12.0. The molecule has 0 atom stereocenters. The van der Waals surface area contributed by atoms with E-state index in [-0.39, 0.29) is 11.4 Å². The molecule has 2 aliphatic rings. The van der Waals surface area contributed by atoms with Gasteiger partial charge in [0, 0.05) is 6.20 Å². The van der Waals surface area contributed by atoms with Crippen molar-refractivity contribution < 1.29 is 9.53 Å². The second-order valence-corrected chi connectivity index (χ2v) is 4.80. The Morgan fingerprint density at radius 1 is 1.25 bits per heavy atom. The van der Waals surface area contributed by atoms with Gasteiger partial charge in [-0.25, -0.2) is 4.98 Å². The molecule has 1 aliphatic carbocycles. The summed E-state index contributed by atoms with van der Waals surface area (Å²) in [6.07, 6.45) is 7.78. The Kier molecular flexibility index (Phi) is 2.20. The van der Waals surface area contributed by atoms with Crippen LogP contribution in [-0.4, -0.2) is 16.4 Å². The number of hydrogen-bond donors (Lipinski definition) is 0. The summed E-state index contributed by atoms with van der Waals surface area (Å²) in [6, 6.07) is 3.68. The first-order chi connectivity index (χ1) is 7.79. The Bertz CT molecular complexity index is 422. The number of carbonyl (C=O) groups excluding carboxylic acids is 1. The molecule has 1 saturated carbocycles. The standard InChI is InChI=1S/C13H15NO2/c15-10-9-13(6-2-1-3-7-13)16-11-5-4-8-14-12(10)11/h4-5,8H,1-3,6-7,9H2. The van der Waals surface area contributed by atoms with Gasteiger partial charge in [0.05, 0.1) is 6.42 Å². The molecule has 3 heteroatoms. The van der Waals surface area contributed by atoms with Crippen LogP contribution in [0.15, 0.2) is 18.3 Å². The largest absolute Gasteiger partial charge is 0.484 e. The van der Waals surface area contributed by atoms with Crippen molar-refractivity contribution in [3.63, 3.8) is 0 Å². The Hall–Kier alpha value is -1.38. The van der Waals surface area contributed by atoms with Gasteiger partial charge in [-0.3, -0.25) is 4.79 Å². The third-order valence-electron chi connectivity index (χ3n) is 3.61. The zero-order valence-corrected chi connectivity index (χ0v) is 9.24. The third-order valence-corrected chi connectivity index (χ3v) is 3.61. The summed E-state index contributed by atoms with van der Waals surface area (Å²) in [5.41, 5.74) is 0.296. The van der Waals surface area contributed by atoms with Crippen LogP contribution in [-0.2, 0) is 0 Å². The number of hydrogen-bond acceptors (Lipinski definition) is 3. The second kappa shape index (κ2) is 3.58. The number of Topliss-reactive ketones (excluding diaryl/α,β-unsaturated/α-hetero) is 1. The van der Waals surface area contributed by atoms with Gasteiger partial charge in [-0.2, -0.15) is 0 Å². The van der Waals surface area contributed by atoms with Crippen molar-refractivity contribution in [1.29, 1.82) is 0 Å². The van der Waals surface area contributed by atoms with E-state index in [0.29, 0.717) is 17.9 Å². The van der Waals surface area contributed by atoms with Gasteiger partial charge in [0.15, 0.2) is 5.78 Å². The van der Waals surface area contributed by atoms with Crippen molar-refractivity contribution in [2.24, 2.45) is 0 Å². The molecule has 1 aromatic heterocycles. The number of ether oxygens (including phenoxy) is 1. The van der Waals surface area contributed by atoms with E-state index in [2.05, 4.69) is 4.98 Å². The predicted octanol–water partition coefficient (Wildman–Crippen LogP) is 2.75. The molecular weight excluding hydrogens is 202 g/mol. The van der Waals surface area contributed by atoms with Crippen LogP contribution in [0.25, 0.3) is 0 Å². The van der Waals surface area contributed by atoms with E-state index in [9.17, 15) is 4.79 Å². The lowest BCUT2D eigenvalue weighted by molar-refractivity contribution is 0.0127. The number of carbonyl (C=O) groups is 1. The van der Waals surface area contributed by atoms with E-state index in [1.54, 1.807) is 6.20 Å². The van der Waals surface area contributed by atoms with Crippen LogP contribution >= 0.6 is 0 Å². The fourth-order valence-corrected chi connectivity index (χ4v) is 2.80. The SMILES string of the molecule is O=C1CC2(CCCCC2)Oc2cccnc21. The van der Waals surface area contributed by atoms with Crippen molar-refractivity contribution in [1.82, 2.24) is 4.98 Å². The molecule has 2 heterocycles. The van der Waals surface area contributed by atoms with Gasteiger partial charge in [0.1, 0.15) is 17.0 Å². The molecule has 16 heavy (non-hydrogen) atoms. The monoisotopic (exact) mass is 217 g/mol. The average molecular weight is 217 g/mol. The molecule has 0 unspecified atom stereocenters. The van der Waals surface area contributed by atoms with Gasteiger partial charge in [0.2, 0.25) is 0 Å². The molecule has 0 amide bonds. The first-order valence-electron chi connectivity index (χ1n) is 5.96. The summed E-state index contributed by atoms with van der Waals surface area (Å²) in [5.74, 6) is 0.824. The molecule has 0 aromatic carbocycles. The second-order valence-electron chi connectivity index (χ2n) is 4.80. The summed E-state index contributed by atoms with van der Waals surface area (Å²) < 4.78 is 6.05. The number of nitrogens with zero attached hydrogens (tertiary/aromatic N) is 1. The zero-order chi connectivity index (χ0) is 11.0. The topological polar surface area (TPSA) is 39.2 Å². The Labute approximate surface area is 94.8 Å². The molecular formula is C13H15NO2. The summed E-state index contributed by atoms with van der Waals surface area (Å²) in [6.45, 7) is 0. The Morgan fingerprint density at radius 2 is 2.06 bits per heavy atom. The summed E-state index contributed by atoms with van der Waals surface area (Å²) in [5, 5.41) is 0. The van der Waals surface area contributed by atoms with Crippen molar-refractivity contribution in [2.45, 2.75) is 44.1 Å². The predicted molar refractivity (Wildman–Crippen MR) is 59.6 cm³/mol. The first-order valence-corrected chi connectivity index (χ1v) is 5.96. The zero-order valence-electron chi connectivity index (χ0n) is 9.24. The highest BCUT2D eigenvalue weighted by Gasteiger charge is 2.41. The van der Waals surface area contributed by atoms with E-state index in [0.717, 1.165) is 12.8 Å². The first kappa shape index (κ1) is 9.82. The molecule has 0 N–H and O–H groups in total. The number of fused-ring (bicyclic) bond motifs is 1. The minimum absolute atomic E-state index is 0.142. The number of rotatable bonds is 0. The van der Waals surface area contributed by atoms with Gasteiger partial charge in [-0.1, -0.05) is 6.42 Å². The molecule has 1 spiro atoms. The van der Waals surface area contributed by atoms with Crippen LogP contribution in [0.2, 0.25) is 0 Å². The minimum atomic E-state index is -0.217. The Balaban J connectivity index is 1.96. The van der Waals surface area contributed by atoms with Crippen LogP contribution < -0.4 is 4.74 Å². The maximum atomic E-state index is 12.0. The molecule has 1 aromatic rings. The fraction of sp³-hybridized carbons (Fsp3) is 0.538. The van der Waals surface area contributed by atoms with E-state index in [1.807, 2.05) is 12.1 Å². The van der Waals surface area contributed by atoms with Crippen molar-refractivity contribution in [3.05, 3.63) is 24.0 Å². The van der Waals surface area contributed by atoms with Gasteiger partial charge in [-0.15, -0.1) is 0 Å². The van der Waals surface area contributed by atoms with Gasteiger partial charge in [0.25, 0.3) is 0 Å². The molecule has 0 radical (unpaired) electrons. The van der Waals surface area contributed by atoms with Crippen molar-refractivity contribution in [3.8, 4) is 5.75 Å². The number of ketones is 1. The summed E-state index contributed by atoms with van der Waals surface area (Å²) in [7, 11) is 0. The lowest BCUT2D eigenvalue weighted by Gasteiger charge is -2.40. The minimum Gasteiger partial charge on any atom is -0.484 e. The van der Waals surface area contributed by atoms with E-state index in [1.165, 1.54) is 19.3 Å². The number of aromatic nitrogens is 1. The van der Waals surface area contributed by atoms with Crippen LogP contribution in [0, 0.1) is 0 Å². The van der Waals surface area contributed by atoms with Crippen molar-refractivity contribution >= 4 is 5.78 Å². The van der Waals surface area contributed by atoms with E-state index < -0.39 is 0 Å². The van der Waals surface area contributed by atoms with Crippen LogP contribution in [0.1, 0.15) is 49.0 Å². The molecule has 84 valence electrons. The van der Waals surface area contributed by atoms with Gasteiger partial charge >= 0.3 is 0 Å². The molecule has 0 saturated heterocycles. The number of pyridine rings is 1. The lowest BCUT2D eigenvalue weighted by Crippen LogP contribution is -2.43. The summed E-state index contributed by atoms with van der Waals surface area (Å²) >= 11 is 0. The normalized spacial score (nSPS) is 22.6. The van der Waals surface area contributed by atoms with Crippen LogP contribution in [0.3, 0.4) is 0 Å². The van der Waals surface area contributed by atoms with E-state index in [4.69, 9.17) is 4.74 Å².